The number of carbonyl (C=O) groups is 1. The minimum absolute atomic E-state index is 0.236. The number of anilines is 4. The van der Waals surface area contributed by atoms with Gasteiger partial charge in [0.25, 0.3) is 0 Å². The average molecular weight is 427 g/mol. The number of piperazine rings is 1. The third kappa shape index (κ3) is 3.57. The molecule has 4 heterocycles. The molecule has 30 heavy (non-hydrogen) atoms. The van der Waals surface area contributed by atoms with Gasteiger partial charge in [-0.3, -0.25) is 5.32 Å². The van der Waals surface area contributed by atoms with Crippen molar-refractivity contribution in [3.8, 4) is 0 Å². The monoisotopic (exact) mass is 426 g/mol. The van der Waals surface area contributed by atoms with Crippen LogP contribution in [0.25, 0.3) is 10.3 Å². The average Bonchev–Trinajstić information content (AvgIpc) is 3.34. The Hall–Kier alpha value is -3.18. The highest BCUT2D eigenvalue weighted by Crippen LogP contribution is 2.29. The number of nitrogens with one attached hydrogen (secondary N) is 1. The Morgan fingerprint density at radius 1 is 1.20 bits per heavy atom. The molecule has 3 N–H and O–H groups in total. The topological polar surface area (TPSA) is 113 Å². The van der Waals surface area contributed by atoms with Crippen molar-refractivity contribution in [3.63, 3.8) is 0 Å². The van der Waals surface area contributed by atoms with Gasteiger partial charge < -0.3 is 20.4 Å². The SMILES string of the molecule is CN1CCc2cc(NC(=O)ON3CCN(c4nc(N)nc5scnc45)CC3)ccc21. The molecule has 1 aromatic carbocycles. The number of amides is 1. The highest BCUT2D eigenvalue weighted by Gasteiger charge is 2.24. The number of nitrogen functional groups attached to an aromatic ring is 1. The van der Waals surface area contributed by atoms with Crippen molar-refractivity contribution in [2.45, 2.75) is 6.42 Å². The van der Waals surface area contributed by atoms with E-state index in [9.17, 15) is 4.79 Å². The number of fused-ring (bicyclic) bond motifs is 2. The van der Waals surface area contributed by atoms with Gasteiger partial charge in [-0.05, 0) is 30.2 Å². The molecule has 0 bridgehead atoms. The molecule has 0 unspecified atom stereocenters. The highest BCUT2D eigenvalue weighted by molar-refractivity contribution is 7.16. The largest absolute Gasteiger partial charge is 0.430 e. The van der Waals surface area contributed by atoms with Crippen LogP contribution in [0.2, 0.25) is 0 Å². The lowest BCUT2D eigenvalue weighted by molar-refractivity contribution is -0.0966. The number of nitrogens with two attached hydrogens (primary N) is 1. The van der Waals surface area contributed by atoms with Gasteiger partial charge in [0.2, 0.25) is 5.95 Å². The summed E-state index contributed by atoms with van der Waals surface area (Å²) >= 11 is 1.44. The second-order valence-electron chi connectivity index (χ2n) is 7.35. The van der Waals surface area contributed by atoms with Gasteiger partial charge in [-0.15, -0.1) is 16.4 Å². The van der Waals surface area contributed by atoms with E-state index < -0.39 is 6.09 Å². The lowest BCUT2D eigenvalue weighted by Crippen LogP contribution is -2.47. The second-order valence-corrected chi connectivity index (χ2v) is 8.18. The zero-order valence-electron chi connectivity index (χ0n) is 16.5. The Labute approximate surface area is 177 Å². The van der Waals surface area contributed by atoms with Gasteiger partial charge in [0.05, 0.1) is 18.6 Å². The van der Waals surface area contributed by atoms with Crippen LogP contribution in [0.1, 0.15) is 5.56 Å². The number of hydrogen-bond acceptors (Lipinski definition) is 10. The van der Waals surface area contributed by atoms with E-state index in [2.05, 4.69) is 37.1 Å². The number of hydrogen-bond donors (Lipinski definition) is 2. The molecule has 0 atom stereocenters. The van der Waals surface area contributed by atoms with Gasteiger partial charge in [0, 0.05) is 38.1 Å². The Bertz CT molecular complexity index is 1100. The van der Waals surface area contributed by atoms with Gasteiger partial charge in [0.15, 0.2) is 10.6 Å². The molecule has 0 radical (unpaired) electrons. The summed E-state index contributed by atoms with van der Waals surface area (Å²) < 4.78 is 0. The van der Waals surface area contributed by atoms with Crippen LogP contribution in [0, 0.1) is 0 Å². The fraction of sp³-hybridized carbons (Fsp3) is 0.368. The second kappa shape index (κ2) is 7.58. The number of thiazole rings is 1. The molecule has 10 nitrogen and oxygen atoms in total. The molecule has 3 aromatic rings. The minimum atomic E-state index is -0.483. The minimum Gasteiger partial charge on any atom is -0.374 e. The molecule has 11 heteroatoms. The van der Waals surface area contributed by atoms with Gasteiger partial charge in [-0.1, -0.05) is 0 Å². The van der Waals surface area contributed by atoms with Crippen LogP contribution in [0.3, 0.4) is 0 Å². The van der Waals surface area contributed by atoms with Crippen molar-refractivity contribution >= 4 is 50.9 Å². The lowest BCUT2D eigenvalue weighted by atomic mass is 10.1. The number of rotatable bonds is 3. The van der Waals surface area contributed by atoms with Crippen molar-refractivity contribution in [1.82, 2.24) is 20.0 Å². The Morgan fingerprint density at radius 2 is 2.03 bits per heavy atom. The summed E-state index contributed by atoms with van der Waals surface area (Å²) in [5.74, 6) is 0.964. The van der Waals surface area contributed by atoms with Crippen molar-refractivity contribution in [1.29, 1.82) is 0 Å². The maximum atomic E-state index is 12.3. The first kappa shape index (κ1) is 18.8. The summed E-state index contributed by atoms with van der Waals surface area (Å²) in [6.07, 6.45) is 0.501. The molecule has 2 aliphatic rings. The predicted molar refractivity (Wildman–Crippen MR) is 117 cm³/mol. The fourth-order valence-corrected chi connectivity index (χ4v) is 4.54. The summed E-state index contributed by atoms with van der Waals surface area (Å²) in [5.41, 5.74) is 11.5. The van der Waals surface area contributed by atoms with Crippen molar-refractivity contribution in [2.24, 2.45) is 0 Å². The van der Waals surface area contributed by atoms with Crippen LogP contribution in [0.15, 0.2) is 23.7 Å². The maximum absolute atomic E-state index is 12.3. The quantitative estimate of drug-likeness (QED) is 0.649. The molecule has 0 spiro atoms. The molecule has 0 aliphatic carbocycles. The van der Waals surface area contributed by atoms with E-state index in [1.54, 1.807) is 10.6 Å². The van der Waals surface area contributed by atoms with Crippen LogP contribution in [0.4, 0.5) is 27.9 Å². The van der Waals surface area contributed by atoms with Gasteiger partial charge >= 0.3 is 6.09 Å². The van der Waals surface area contributed by atoms with Gasteiger partial charge in [-0.2, -0.15) is 4.98 Å². The van der Waals surface area contributed by atoms with Gasteiger partial charge in [0.1, 0.15) is 5.52 Å². The van der Waals surface area contributed by atoms with Gasteiger partial charge in [-0.25, -0.2) is 14.8 Å². The zero-order chi connectivity index (χ0) is 20.7. The summed E-state index contributed by atoms with van der Waals surface area (Å²) in [6, 6.07) is 5.94. The number of benzene rings is 1. The predicted octanol–water partition coefficient (Wildman–Crippen LogP) is 1.95. The number of hydroxylamine groups is 2. The summed E-state index contributed by atoms with van der Waals surface area (Å²) in [7, 11) is 2.07. The van der Waals surface area contributed by atoms with E-state index in [0.717, 1.165) is 34.8 Å². The molecule has 2 aliphatic heterocycles. The Morgan fingerprint density at radius 3 is 2.87 bits per heavy atom. The van der Waals surface area contributed by atoms with E-state index in [1.807, 2.05) is 18.2 Å². The Balaban J connectivity index is 1.18. The zero-order valence-corrected chi connectivity index (χ0v) is 17.4. The summed E-state index contributed by atoms with van der Waals surface area (Å²) in [6.45, 7) is 3.39. The van der Waals surface area contributed by atoms with Crippen molar-refractivity contribution < 1.29 is 9.63 Å². The van der Waals surface area contributed by atoms with Crippen LogP contribution in [0.5, 0.6) is 0 Å². The lowest BCUT2D eigenvalue weighted by Gasteiger charge is -2.33. The fourth-order valence-electron chi connectivity index (χ4n) is 3.88. The van der Waals surface area contributed by atoms with Crippen LogP contribution in [-0.2, 0) is 11.3 Å². The standard InChI is InChI=1S/C19H22N8O2S/c1-25-5-4-12-10-13(2-3-14(12)25)22-19(28)29-27-8-6-26(7-9-27)16-15-17(30-11-21-15)24-18(20)23-16/h2-3,10-11H,4-9H2,1H3,(H,22,28)(H2,20,23,24). The molecule has 1 amide bonds. The van der Waals surface area contributed by atoms with E-state index in [1.165, 1.54) is 22.6 Å². The van der Waals surface area contributed by atoms with Crippen LogP contribution < -0.4 is 20.9 Å². The smallest absolute Gasteiger partial charge is 0.374 e. The van der Waals surface area contributed by atoms with Crippen molar-refractivity contribution in [2.75, 3.05) is 60.6 Å². The molecular weight excluding hydrogens is 404 g/mol. The first-order valence-corrected chi connectivity index (χ1v) is 10.6. The van der Waals surface area contributed by atoms with E-state index >= 15 is 0 Å². The van der Waals surface area contributed by atoms with E-state index in [-0.39, 0.29) is 5.95 Å². The van der Waals surface area contributed by atoms with Crippen LogP contribution in [-0.4, -0.2) is 65.9 Å². The third-order valence-electron chi connectivity index (χ3n) is 5.40. The number of likely N-dealkylation sites (N-methyl/N-ethyl adjacent to an activating group) is 1. The molecular formula is C19H22N8O2S. The molecule has 156 valence electrons. The van der Waals surface area contributed by atoms with E-state index in [4.69, 9.17) is 10.6 Å². The molecule has 0 saturated carbocycles. The number of carbonyl (C=O) groups excluding carboxylic acids is 1. The third-order valence-corrected chi connectivity index (χ3v) is 6.12. The molecule has 2 aromatic heterocycles. The first-order valence-electron chi connectivity index (χ1n) is 9.76. The Kier molecular flexibility index (Phi) is 4.75. The summed E-state index contributed by atoms with van der Waals surface area (Å²) in [4.78, 5) is 35.9. The van der Waals surface area contributed by atoms with Crippen molar-refractivity contribution in [3.05, 3.63) is 29.3 Å². The van der Waals surface area contributed by atoms with Crippen LogP contribution >= 0.6 is 11.3 Å². The maximum Gasteiger partial charge on any atom is 0.430 e. The highest BCUT2D eigenvalue weighted by atomic mass is 32.1. The van der Waals surface area contributed by atoms with E-state index in [0.29, 0.717) is 26.2 Å². The summed E-state index contributed by atoms with van der Waals surface area (Å²) in [5, 5.41) is 4.49. The molecule has 1 fully saturated rings. The first-order chi connectivity index (χ1) is 14.6. The molecule has 1 saturated heterocycles. The number of aromatic nitrogens is 3. The number of nitrogens with zero attached hydrogens (tertiary/aromatic N) is 6. The molecule has 5 rings (SSSR count). The normalized spacial score (nSPS) is 16.7.